The minimum Gasteiger partial charge on any atom is -0.465 e. The number of nitrogens with zero attached hydrogens (tertiary/aromatic N) is 1. The lowest BCUT2D eigenvalue weighted by molar-refractivity contribution is 0.0606. The van der Waals surface area contributed by atoms with Crippen LogP contribution in [0.4, 0.5) is 0 Å². The molecule has 1 aromatic rings. The summed E-state index contributed by atoms with van der Waals surface area (Å²) in [6, 6.07) is 1.42. The van der Waals surface area contributed by atoms with Crippen LogP contribution in [0.15, 0.2) is 17.8 Å². The Morgan fingerprint density at radius 3 is 2.56 bits per heavy atom. The molecule has 1 aliphatic rings. The minimum absolute atomic E-state index is 0.249. The number of Topliss-reactive ketones (excluding diaryl/α,β-unsaturated/α-hetero) is 1. The van der Waals surface area contributed by atoms with Crippen molar-refractivity contribution < 1.29 is 19.1 Å². The highest BCUT2D eigenvalue weighted by Crippen LogP contribution is 2.30. The number of carbonyl (C=O) groups excluding carboxylic acids is 3. The van der Waals surface area contributed by atoms with Crippen molar-refractivity contribution in [3.05, 3.63) is 33.2 Å². The van der Waals surface area contributed by atoms with Gasteiger partial charge in [0.05, 0.1) is 17.7 Å². The number of allylic oxidation sites excluding steroid dienone is 2. The third kappa shape index (κ3) is 1.84. The lowest BCUT2D eigenvalue weighted by Gasteiger charge is -2.18. The predicted molar refractivity (Wildman–Crippen MR) is 66.1 cm³/mol. The summed E-state index contributed by atoms with van der Waals surface area (Å²) in [7, 11) is 4.64. The van der Waals surface area contributed by atoms with Crippen LogP contribution >= 0.6 is 11.3 Å². The van der Waals surface area contributed by atoms with Crippen molar-refractivity contribution in [1.29, 1.82) is 0 Å². The normalized spacial score (nSPS) is 14.1. The Morgan fingerprint density at radius 2 is 2.00 bits per heavy atom. The van der Waals surface area contributed by atoms with E-state index in [-0.39, 0.29) is 22.0 Å². The molecular formula is C12H11NO4S. The molecule has 94 valence electrons. The molecule has 0 saturated carbocycles. The molecule has 0 atom stereocenters. The standard InChI is InChI=1S/C12H11NO4S/c1-13(2)7-5-8(14)11-6(10(7)15)4-9(18-11)12(16)17-3/h4-5H,1-3H3. The average Bonchev–Trinajstić information content (AvgIpc) is 2.78. The van der Waals surface area contributed by atoms with Gasteiger partial charge in [-0.3, -0.25) is 9.59 Å². The molecule has 0 radical (unpaired) electrons. The molecule has 1 aliphatic carbocycles. The van der Waals surface area contributed by atoms with Crippen LogP contribution in [0.2, 0.25) is 0 Å². The first-order valence-corrected chi connectivity index (χ1v) is 5.97. The number of methoxy groups -OCH3 is 1. The molecule has 2 rings (SSSR count). The summed E-state index contributed by atoms with van der Waals surface area (Å²) in [6.45, 7) is 0. The number of ether oxygens (including phenoxy) is 1. The van der Waals surface area contributed by atoms with Gasteiger partial charge < -0.3 is 9.64 Å². The molecule has 0 N–H and O–H groups in total. The molecule has 1 aromatic heterocycles. The molecule has 0 saturated heterocycles. The van der Waals surface area contributed by atoms with Gasteiger partial charge >= 0.3 is 5.97 Å². The van der Waals surface area contributed by atoms with Crippen molar-refractivity contribution >= 4 is 28.9 Å². The van der Waals surface area contributed by atoms with E-state index >= 15 is 0 Å². The number of fused-ring (bicyclic) bond motifs is 1. The van der Waals surface area contributed by atoms with E-state index < -0.39 is 5.97 Å². The van der Waals surface area contributed by atoms with E-state index in [1.54, 1.807) is 19.0 Å². The molecule has 0 bridgehead atoms. The van der Waals surface area contributed by atoms with Gasteiger partial charge in [0, 0.05) is 25.7 Å². The van der Waals surface area contributed by atoms with E-state index in [2.05, 4.69) is 4.74 Å². The predicted octanol–water partition coefficient (Wildman–Crippen LogP) is 1.36. The monoisotopic (exact) mass is 265 g/mol. The molecule has 1 heterocycles. The second-order valence-corrected chi connectivity index (χ2v) is 5.01. The maximum atomic E-state index is 12.1. The molecule has 0 amide bonds. The zero-order valence-electron chi connectivity index (χ0n) is 10.1. The SMILES string of the molecule is COC(=O)c1cc2c(s1)C(=O)C=C(N(C)C)C2=O. The van der Waals surface area contributed by atoms with Crippen LogP contribution in [0.5, 0.6) is 0 Å². The Morgan fingerprint density at radius 1 is 1.33 bits per heavy atom. The van der Waals surface area contributed by atoms with Gasteiger partial charge in [0.2, 0.25) is 5.78 Å². The van der Waals surface area contributed by atoms with E-state index in [9.17, 15) is 14.4 Å². The topological polar surface area (TPSA) is 63.7 Å². The first-order valence-electron chi connectivity index (χ1n) is 5.16. The molecule has 0 spiro atoms. The van der Waals surface area contributed by atoms with Crippen LogP contribution in [0.25, 0.3) is 0 Å². The molecule has 18 heavy (non-hydrogen) atoms. The van der Waals surface area contributed by atoms with Gasteiger partial charge in [0.15, 0.2) is 5.78 Å². The molecule has 0 unspecified atom stereocenters. The highest BCUT2D eigenvalue weighted by molar-refractivity contribution is 7.16. The Kier molecular flexibility index (Phi) is 3.04. The van der Waals surface area contributed by atoms with E-state index in [0.29, 0.717) is 10.6 Å². The Labute approximate surface area is 108 Å². The highest BCUT2D eigenvalue weighted by Gasteiger charge is 2.30. The third-order valence-electron chi connectivity index (χ3n) is 2.57. The number of esters is 1. The Balaban J connectivity index is 2.51. The number of rotatable bonds is 2. The summed E-state index contributed by atoms with van der Waals surface area (Å²) in [5, 5.41) is 0. The summed E-state index contributed by atoms with van der Waals surface area (Å²) in [5.74, 6) is -1.05. The fourth-order valence-electron chi connectivity index (χ4n) is 1.67. The smallest absolute Gasteiger partial charge is 0.348 e. The molecule has 5 nitrogen and oxygen atoms in total. The van der Waals surface area contributed by atoms with Crippen LogP contribution < -0.4 is 0 Å². The van der Waals surface area contributed by atoms with E-state index in [4.69, 9.17) is 0 Å². The minimum atomic E-state index is -0.540. The molecule has 6 heteroatoms. The zero-order valence-corrected chi connectivity index (χ0v) is 11.0. The molecule has 0 fully saturated rings. The highest BCUT2D eigenvalue weighted by atomic mass is 32.1. The van der Waals surface area contributed by atoms with Crippen molar-refractivity contribution in [3.63, 3.8) is 0 Å². The van der Waals surface area contributed by atoms with Gasteiger partial charge in [-0.15, -0.1) is 11.3 Å². The van der Waals surface area contributed by atoms with Crippen LogP contribution in [0.1, 0.15) is 29.7 Å². The van der Waals surface area contributed by atoms with Gasteiger partial charge in [-0.2, -0.15) is 0 Å². The van der Waals surface area contributed by atoms with Crippen LogP contribution in [-0.4, -0.2) is 43.6 Å². The fraction of sp³-hybridized carbons (Fsp3) is 0.250. The van der Waals surface area contributed by atoms with Crippen LogP contribution in [-0.2, 0) is 4.74 Å². The number of ketones is 2. The van der Waals surface area contributed by atoms with Gasteiger partial charge in [-0.1, -0.05) is 0 Å². The number of thiophene rings is 1. The van der Waals surface area contributed by atoms with Gasteiger partial charge in [0.1, 0.15) is 4.88 Å². The lowest BCUT2D eigenvalue weighted by Crippen LogP contribution is -2.24. The largest absolute Gasteiger partial charge is 0.465 e. The first kappa shape index (κ1) is 12.5. The number of hydrogen-bond acceptors (Lipinski definition) is 6. The van der Waals surface area contributed by atoms with E-state index in [1.807, 2.05) is 0 Å². The second-order valence-electron chi connectivity index (χ2n) is 3.96. The van der Waals surface area contributed by atoms with Crippen molar-refractivity contribution in [2.24, 2.45) is 0 Å². The van der Waals surface area contributed by atoms with Gasteiger partial charge in [-0.05, 0) is 6.07 Å². The summed E-state index contributed by atoms with van der Waals surface area (Å²) >= 11 is 0.986. The molecular weight excluding hydrogens is 254 g/mol. The van der Waals surface area contributed by atoms with E-state index in [0.717, 1.165) is 11.3 Å². The number of hydrogen-bond donors (Lipinski definition) is 0. The van der Waals surface area contributed by atoms with Crippen LogP contribution in [0.3, 0.4) is 0 Å². The van der Waals surface area contributed by atoms with Gasteiger partial charge in [0.25, 0.3) is 0 Å². The fourth-order valence-corrected chi connectivity index (χ4v) is 2.65. The maximum Gasteiger partial charge on any atom is 0.348 e. The molecule has 0 aromatic carbocycles. The van der Waals surface area contributed by atoms with Crippen molar-refractivity contribution in [1.82, 2.24) is 4.90 Å². The zero-order chi connectivity index (χ0) is 13.4. The average molecular weight is 265 g/mol. The summed E-state index contributed by atoms with van der Waals surface area (Å²) in [5.41, 5.74) is 0.596. The number of carbonyl (C=O) groups is 3. The summed E-state index contributed by atoms with van der Waals surface area (Å²) in [4.78, 5) is 37.5. The summed E-state index contributed by atoms with van der Waals surface area (Å²) < 4.78 is 4.58. The summed E-state index contributed by atoms with van der Waals surface area (Å²) in [6.07, 6.45) is 1.29. The third-order valence-corrected chi connectivity index (χ3v) is 3.70. The number of likely N-dealkylation sites (N-methyl/N-ethyl adjacent to an activating group) is 1. The lowest BCUT2D eigenvalue weighted by atomic mass is 9.99. The van der Waals surface area contributed by atoms with Gasteiger partial charge in [-0.25, -0.2) is 4.79 Å². The first-order chi connectivity index (χ1) is 8.45. The van der Waals surface area contributed by atoms with Crippen molar-refractivity contribution in [2.75, 3.05) is 21.2 Å². The Bertz CT molecular complexity index is 583. The van der Waals surface area contributed by atoms with Crippen molar-refractivity contribution in [2.45, 2.75) is 0 Å². The quantitative estimate of drug-likeness (QED) is 0.755. The van der Waals surface area contributed by atoms with Crippen molar-refractivity contribution in [3.8, 4) is 0 Å². The van der Waals surface area contributed by atoms with Crippen LogP contribution in [0, 0.1) is 0 Å². The van der Waals surface area contributed by atoms with E-state index in [1.165, 1.54) is 19.3 Å². The molecule has 0 aliphatic heterocycles. The second kappa shape index (κ2) is 4.38. The Hall–Kier alpha value is -1.95. The maximum absolute atomic E-state index is 12.1.